The van der Waals surface area contributed by atoms with Gasteiger partial charge in [0.05, 0.1) is 13.2 Å². The molecule has 2 aliphatic rings. The maximum atomic E-state index is 11.7. The van der Waals surface area contributed by atoms with Crippen LogP contribution in [0.25, 0.3) is 0 Å². The van der Waals surface area contributed by atoms with Gasteiger partial charge in [-0.1, -0.05) is 0 Å². The van der Waals surface area contributed by atoms with Crippen LogP contribution in [0, 0.1) is 0 Å². The monoisotopic (exact) mass is 902 g/mol. The molecule has 0 saturated carbocycles. The van der Waals surface area contributed by atoms with Crippen LogP contribution in [0.3, 0.4) is 0 Å². The standard InChI is InChI=1S/C12H22O32S7/c13-11-9(43-50(29,30)31)7(41-48(23,24)25)5(3(37-11)1-35-45(14,15)16)39-12-10(44-51(32,33)34)8(42-49(26,27)28)6(40-47(20,21)22)4(38-12)2-36-46(17,18)19/h3-13H,1-2H2,(H,14,15,16)(H,17,18,19)(H,20,21,22)(H,23,24,25)(H,26,27,28)(H,29,30,31)(H,32,33,34)/t3-,4-,5-,6-,7+,8+,9-,10-,11-,12-/m1/s1. The molecule has 0 unspecified atom stereocenters. The molecule has 2 rings (SSSR count). The molecule has 0 aromatic carbocycles. The van der Waals surface area contributed by atoms with Crippen molar-refractivity contribution >= 4 is 72.8 Å². The molecule has 2 saturated heterocycles. The van der Waals surface area contributed by atoms with Gasteiger partial charge >= 0.3 is 72.8 Å². The summed E-state index contributed by atoms with van der Waals surface area (Å²) in [6, 6.07) is 0. The Kier molecular flexibility index (Phi) is 14.8. The molecule has 2 fully saturated rings. The molecule has 8 N–H and O–H groups in total. The van der Waals surface area contributed by atoms with Gasteiger partial charge in [0.25, 0.3) is 0 Å². The topological polar surface area (TPSA) is 493 Å². The van der Waals surface area contributed by atoms with Crippen molar-refractivity contribution in [2.24, 2.45) is 0 Å². The first-order valence-corrected chi connectivity index (χ1v) is 21.2. The number of ether oxygens (including phenoxy) is 3. The molecule has 32 nitrogen and oxygen atoms in total. The molecule has 10 atom stereocenters. The van der Waals surface area contributed by atoms with Crippen LogP contribution in [0.15, 0.2) is 0 Å². The maximum absolute atomic E-state index is 11.7. The summed E-state index contributed by atoms with van der Waals surface area (Å²) in [6.07, 6.45) is -30.2. The molecule has 0 radical (unpaired) electrons. The molecule has 304 valence electrons. The largest absolute Gasteiger partial charge is 0.397 e. The van der Waals surface area contributed by atoms with E-state index in [2.05, 4.69) is 29.3 Å². The molecule has 0 bridgehead atoms. The summed E-state index contributed by atoms with van der Waals surface area (Å²) >= 11 is 0. The van der Waals surface area contributed by atoms with Gasteiger partial charge in [0.15, 0.2) is 24.8 Å². The molecule has 2 aliphatic heterocycles. The van der Waals surface area contributed by atoms with Gasteiger partial charge in [0, 0.05) is 0 Å². The van der Waals surface area contributed by atoms with Gasteiger partial charge in [-0.15, -0.1) is 0 Å². The van der Waals surface area contributed by atoms with E-state index in [1.807, 2.05) is 0 Å². The van der Waals surface area contributed by atoms with Crippen LogP contribution in [0.4, 0.5) is 0 Å². The average Bonchev–Trinajstić information content (AvgIpc) is 2.84. The van der Waals surface area contributed by atoms with Crippen LogP contribution < -0.4 is 0 Å². The highest BCUT2D eigenvalue weighted by atomic mass is 32.3. The summed E-state index contributed by atoms with van der Waals surface area (Å²) in [5.74, 6) is 0. The molecule has 0 amide bonds. The minimum absolute atomic E-state index is 1.74. The number of aliphatic hydroxyl groups is 1. The van der Waals surface area contributed by atoms with Gasteiger partial charge in [-0.2, -0.15) is 58.9 Å². The van der Waals surface area contributed by atoms with E-state index in [9.17, 15) is 82.2 Å². The van der Waals surface area contributed by atoms with Crippen LogP contribution in [0.2, 0.25) is 0 Å². The fourth-order valence-corrected chi connectivity index (χ4v) is 7.11. The highest BCUT2D eigenvalue weighted by Crippen LogP contribution is 2.36. The average molecular weight is 903 g/mol. The van der Waals surface area contributed by atoms with Crippen molar-refractivity contribution in [3.8, 4) is 0 Å². The fraction of sp³-hybridized carbons (Fsp3) is 1.00. The van der Waals surface area contributed by atoms with Crippen molar-refractivity contribution in [1.82, 2.24) is 0 Å². The first-order valence-electron chi connectivity index (χ1n) is 11.7. The van der Waals surface area contributed by atoms with Crippen molar-refractivity contribution in [2.75, 3.05) is 13.2 Å². The van der Waals surface area contributed by atoms with E-state index in [1.54, 1.807) is 0 Å². The Bertz CT molecular complexity index is 2000. The van der Waals surface area contributed by atoms with E-state index in [-0.39, 0.29) is 0 Å². The van der Waals surface area contributed by atoms with Crippen LogP contribution in [-0.4, -0.2) is 171 Å². The highest BCUT2D eigenvalue weighted by Gasteiger charge is 2.58. The van der Waals surface area contributed by atoms with Crippen molar-refractivity contribution in [1.29, 1.82) is 0 Å². The predicted octanol–water partition coefficient (Wildman–Crippen LogP) is -6.61. The minimum atomic E-state index is -6.10. The first-order chi connectivity index (χ1) is 22.5. The number of rotatable bonds is 18. The minimum Gasteiger partial charge on any atom is -0.366 e. The molecule has 2 heterocycles. The van der Waals surface area contributed by atoms with Crippen LogP contribution >= 0.6 is 0 Å². The zero-order chi connectivity index (χ0) is 39.8. The van der Waals surface area contributed by atoms with E-state index in [0.29, 0.717) is 0 Å². The Morgan fingerprint density at radius 1 is 0.392 bits per heavy atom. The second-order valence-electron chi connectivity index (χ2n) is 9.08. The first kappa shape index (κ1) is 46.1. The zero-order valence-electron chi connectivity index (χ0n) is 23.4. The van der Waals surface area contributed by atoms with E-state index in [1.165, 1.54) is 0 Å². The Balaban J connectivity index is 2.92. The van der Waals surface area contributed by atoms with Crippen LogP contribution in [0.5, 0.6) is 0 Å². The second kappa shape index (κ2) is 16.3. The third-order valence-corrected chi connectivity index (χ3v) is 8.61. The molecule has 0 aromatic heterocycles. The normalized spacial score (nSPS) is 32.1. The van der Waals surface area contributed by atoms with Gasteiger partial charge in [0.1, 0.15) is 36.6 Å². The lowest BCUT2D eigenvalue weighted by molar-refractivity contribution is -0.343. The number of hydrogen-bond donors (Lipinski definition) is 8. The number of aliphatic hydroxyl groups excluding tert-OH is 1. The van der Waals surface area contributed by atoms with E-state index in [0.717, 1.165) is 0 Å². The molecule has 0 aromatic rings. The van der Waals surface area contributed by atoms with E-state index >= 15 is 0 Å². The Morgan fingerprint density at radius 2 is 0.706 bits per heavy atom. The molecule has 39 heteroatoms. The quantitative estimate of drug-likeness (QED) is 0.0593. The van der Waals surface area contributed by atoms with Gasteiger partial charge in [-0.05, 0) is 0 Å². The lowest BCUT2D eigenvalue weighted by Gasteiger charge is -2.47. The zero-order valence-corrected chi connectivity index (χ0v) is 29.1. The van der Waals surface area contributed by atoms with Crippen LogP contribution in [-0.2, 0) is 116 Å². The summed E-state index contributed by atoms with van der Waals surface area (Å²) in [4.78, 5) is 0. The lowest BCUT2D eigenvalue weighted by Crippen LogP contribution is -2.67. The summed E-state index contributed by atoms with van der Waals surface area (Å²) in [5.41, 5.74) is 0. The summed E-state index contributed by atoms with van der Waals surface area (Å²) in [5, 5.41) is 10.2. The SMILES string of the molecule is O=S(=O)(O)OC[C@H]1O[C@@H](O)[C@H](OS(=O)(=O)O)[C@@H](OS(=O)(=O)O)[C@@H]1O[C@H]1O[C@H](COS(=O)(=O)O)[C@@H](OS(=O)(=O)O)[C@H](OS(=O)(=O)O)[C@H]1OS(=O)(=O)O. The van der Waals surface area contributed by atoms with Crippen molar-refractivity contribution in [3.63, 3.8) is 0 Å². The van der Waals surface area contributed by atoms with Crippen molar-refractivity contribution in [2.45, 2.75) is 61.4 Å². The molecular formula is C12H22O32S7. The number of hydrogen-bond acceptors (Lipinski definition) is 25. The Morgan fingerprint density at radius 3 is 1.08 bits per heavy atom. The van der Waals surface area contributed by atoms with Gasteiger partial charge < -0.3 is 19.3 Å². The molecule has 0 spiro atoms. The second-order valence-corrected chi connectivity index (χ2v) is 16.5. The van der Waals surface area contributed by atoms with Crippen LogP contribution in [0.1, 0.15) is 0 Å². The summed E-state index contributed by atoms with van der Waals surface area (Å²) < 4.78 is 269. The summed E-state index contributed by atoms with van der Waals surface area (Å²) in [7, 11) is -41.2. The molecular weight excluding hydrogens is 881 g/mol. The third-order valence-electron chi connectivity index (χ3n) is 5.42. The Labute approximate surface area is 286 Å². The summed E-state index contributed by atoms with van der Waals surface area (Å²) in [6.45, 7) is -3.59. The highest BCUT2D eigenvalue weighted by molar-refractivity contribution is 7.82. The van der Waals surface area contributed by atoms with Gasteiger partial charge in [0.2, 0.25) is 0 Å². The van der Waals surface area contributed by atoms with Crippen molar-refractivity contribution < 1.29 is 139 Å². The van der Waals surface area contributed by atoms with Gasteiger partial charge in [-0.3, -0.25) is 31.9 Å². The van der Waals surface area contributed by atoms with E-state index < -0.39 is 147 Å². The maximum Gasteiger partial charge on any atom is 0.397 e. The Hall–Kier alpha value is -1.07. The van der Waals surface area contributed by atoms with E-state index in [4.69, 9.17) is 27.9 Å². The third kappa shape index (κ3) is 16.9. The van der Waals surface area contributed by atoms with Gasteiger partial charge in [-0.25, -0.2) is 29.3 Å². The van der Waals surface area contributed by atoms with Crippen molar-refractivity contribution in [3.05, 3.63) is 0 Å². The smallest absolute Gasteiger partial charge is 0.366 e. The molecule has 0 aliphatic carbocycles. The molecule has 51 heavy (non-hydrogen) atoms. The fourth-order valence-electron chi connectivity index (χ4n) is 4.02. The lowest BCUT2D eigenvalue weighted by atomic mass is 9.97. The predicted molar refractivity (Wildman–Crippen MR) is 142 cm³/mol.